The quantitative estimate of drug-likeness (QED) is 0.815. The Morgan fingerprint density at radius 3 is 2.47 bits per heavy atom. The smallest absolute Gasteiger partial charge is 0.164 e. The highest BCUT2D eigenvalue weighted by Gasteiger charge is 2.27. The van der Waals surface area contributed by atoms with Gasteiger partial charge in [-0.05, 0) is 19.3 Å². The van der Waals surface area contributed by atoms with E-state index in [1.54, 1.807) is 0 Å². The van der Waals surface area contributed by atoms with Crippen LogP contribution in [0.25, 0.3) is 5.65 Å². The lowest BCUT2D eigenvalue weighted by atomic mass is 9.87. The molecule has 2 rings (SSSR count). The molecule has 0 saturated carbocycles. The third-order valence-electron chi connectivity index (χ3n) is 2.92. The monoisotopic (exact) mass is 233 g/mol. The molecular weight excluding hydrogens is 214 g/mol. The van der Waals surface area contributed by atoms with Gasteiger partial charge in [0.1, 0.15) is 5.82 Å². The molecule has 2 aromatic rings. The van der Waals surface area contributed by atoms with Crippen LogP contribution >= 0.6 is 0 Å². The van der Waals surface area contributed by atoms with Gasteiger partial charge >= 0.3 is 0 Å². The molecule has 5 nitrogen and oxygen atoms in total. The highest BCUT2D eigenvalue weighted by molar-refractivity contribution is 5.40. The van der Waals surface area contributed by atoms with Crippen molar-refractivity contribution in [3.8, 4) is 0 Å². The summed E-state index contributed by atoms with van der Waals surface area (Å²) in [7, 11) is 0. The van der Waals surface area contributed by atoms with Crippen molar-refractivity contribution < 1.29 is 0 Å². The summed E-state index contributed by atoms with van der Waals surface area (Å²) in [4.78, 5) is 4.43. The average Bonchev–Trinajstić information content (AvgIpc) is 2.58. The fourth-order valence-electron chi connectivity index (χ4n) is 1.85. The predicted octanol–water partition coefficient (Wildman–Crippen LogP) is 1.79. The van der Waals surface area contributed by atoms with Crippen molar-refractivity contribution >= 4 is 5.65 Å². The molecule has 17 heavy (non-hydrogen) atoms. The lowest BCUT2D eigenvalue weighted by Crippen LogP contribution is -2.28. The lowest BCUT2D eigenvalue weighted by Gasteiger charge is -2.25. The minimum absolute atomic E-state index is 0.0553. The Bertz CT molecular complexity index is 550. The van der Waals surface area contributed by atoms with Gasteiger partial charge in [-0.15, -0.1) is 10.2 Å². The van der Waals surface area contributed by atoms with Gasteiger partial charge in [0.2, 0.25) is 0 Å². The highest BCUT2D eigenvalue weighted by atomic mass is 15.3. The average molecular weight is 233 g/mol. The lowest BCUT2D eigenvalue weighted by molar-refractivity contribution is 0.313. The van der Waals surface area contributed by atoms with Crippen LogP contribution in [0, 0.1) is 19.3 Å². The van der Waals surface area contributed by atoms with Crippen LogP contribution in [0.5, 0.6) is 0 Å². The van der Waals surface area contributed by atoms with E-state index in [1.807, 2.05) is 24.3 Å². The Morgan fingerprint density at radius 2 is 1.88 bits per heavy atom. The normalized spacial score (nSPS) is 14.2. The standard InChI is InChI=1S/C12H19N5/c1-7-6-9-15-16-11(10(13)12(3,4)5)17(9)8(2)14-7/h6,10H,13H2,1-5H3. The van der Waals surface area contributed by atoms with E-state index in [4.69, 9.17) is 5.73 Å². The molecule has 92 valence electrons. The first-order valence-electron chi connectivity index (χ1n) is 5.75. The van der Waals surface area contributed by atoms with E-state index in [9.17, 15) is 0 Å². The third kappa shape index (κ3) is 2.02. The number of fused-ring (bicyclic) bond motifs is 1. The second-order valence-electron chi connectivity index (χ2n) is 5.54. The fraction of sp³-hybridized carbons (Fsp3) is 0.583. The molecular formula is C12H19N5. The van der Waals surface area contributed by atoms with Crippen LogP contribution < -0.4 is 5.73 Å². The summed E-state index contributed by atoms with van der Waals surface area (Å²) in [5.74, 6) is 1.65. The Kier molecular flexibility index (Phi) is 2.66. The van der Waals surface area contributed by atoms with E-state index in [-0.39, 0.29) is 11.5 Å². The van der Waals surface area contributed by atoms with Crippen molar-refractivity contribution in [3.63, 3.8) is 0 Å². The maximum Gasteiger partial charge on any atom is 0.164 e. The van der Waals surface area contributed by atoms with Gasteiger partial charge in [-0.1, -0.05) is 20.8 Å². The van der Waals surface area contributed by atoms with Gasteiger partial charge in [-0.25, -0.2) is 4.98 Å². The highest BCUT2D eigenvalue weighted by Crippen LogP contribution is 2.29. The summed E-state index contributed by atoms with van der Waals surface area (Å²) in [6, 6.07) is 1.75. The van der Waals surface area contributed by atoms with E-state index >= 15 is 0 Å². The Labute approximate surface area is 101 Å². The SMILES string of the molecule is Cc1cc2nnc(C(N)C(C)(C)C)n2c(C)n1. The minimum atomic E-state index is -0.166. The molecule has 0 fully saturated rings. The molecule has 0 aliphatic heterocycles. The van der Waals surface area contributed by atoms with Crippen LogP contribution in [-0.2, 0) is 0 Å². The summed E-state index contributed by atoms with van der Waals surface area (Å²) < 4.78 is 1.93. The predicted molar refractivity (Wildman–Crippen MR) is 66.6 cm³/mol. The first kappa shape index (κ1) is 12.0. The first-order valence-corrected chi connectivity index (χ1v) is 5.75. The maximum atomic E-state index is 6.24. The number of nitrogens with zero attached hydrogens (tertiary/aromatic N) is 4. The van der Waals surface area contributed by atoms with Crippen LogP contribution in [0.4, 0.5) is 0 Å². The number of aromatic nitrogens is 4. The van der Waals surface area contributed by atoms with Gasteiger partial charge in [0, 0.05) is 11.8 Å². The van der Waals surface area contributed by atoms with Crippen molar-refractivity contribution in [1.82, 2.24) is 19.6 Å². The van der Waals surface area contributed by atoms with Crippen LogP contribution in [0.1, 0.15) is 44.2 Å². The molecule has 0 amide bonds. The molecule has 1 atom stereocenters. The Hall–Kier alpha value is -1.49. The van der Waals surface area contributed by atoms with Crippen molar-refractivity contribution in [2.45, 2.75) is 40.7 Å². The van der Waals surface area contributed by atoms with E-state index in [2.05, 4.69) is 36.0 Å². The van der Waals surface area contributed by atoms with Crippen molar-refractivity contribution in [1.29, 1.82) is 0 Å². The number of rotatable bonds is 1. The Morgan fingerprint density at radius 1 is 1.24 bits per heavy atom. The van der Waals surface area contributed by atoms with Crippen LogP contribution in [0.2, 0.25) is 0 Å². The van der Waals surface area contributed by atoms with Gasteiger partial charge in [-0.3, -0.25) is 4.40 Å². The van der Waals surface area contributed by atoms with Crippen LogP contribution in [0.3, 0.4) is 0 Å². The molecule has 2 heterocycles. The van der Waals surface area contributed by atoms with Gasteiger partial charge in [0.25, 0.3) is 0 Å². The van der Waals surface area contributed by atoms with Gasteiger partial charge in [0.15, 0.2) is 11.5 Å². The molecule has 1 unspecified atom stereocenters. The molecule has 5 heteroatoms. The molecule has 0 radical (unpaired) electrons. The van der Waals surface area contributed by atoms with Crippen molar-refractivity contribution in [2.75, 3.05) is 0 Å². The van der Waals surface area contributed by atoms with Crippen LogP contribution in [0.15, 0.2) is 6.07 Å². The van der Waals surface area contributed by atoms with Crippen molar-refractivity contribution in [3.05, 3.63) is 23.4 Å². The molecule has 2 N–H and O–H groups in total. The summed E-state index contributed by atoms with van der Waals surface area (Å²) in [6.07, 6.45) is 0. The number of aryl methyl sites for hydroxylation is 2. The van der Waals surface area contributed by atoms with Crippen LogP contribution in [-0.4, -0.2) is 19.6 Å². The van der Waals surface area contributed by atoms with E-state index < -0.39 is 0 Å². The number of hydrogen-bond acceptors (Lipinski definition) is 4. The summed E-state index contributed by atoms with van der Waals surface area (Å²) in [5, 5.41) is 8.38. The Balaban J connectivity index is 2.65. The van der Waals surface area contributed by atoms with Gasteiger partial charge in [-0.2, -0.15) is 0 Å². The summed E-state index contributed by atoms with van der Waals surface area (Å²) >= 11 is 0. The molecule has 0 aliphatic carbocycles. The first-order chi connectivity index (χ1) is 7.80. The largest absolute Gasteiger partial charge is 0.321 e. The molecule has 0 aromatic carbocycles. The summed E-state index contributed by atoms with van der Waals surface area (Å²) in [6.45, 7) is 10.2. The van der Waals surface area contributed by atoms with Crippen molar-refractivity contribution in [2.24, 2.45) is 11.1 Å². The third-order valence-corrected chi connectivity index (χ3v) is 2.92. The number of hydrogen-bond donors (Lipinski definition) is 1. The second kappa shape index (κ2) is 3.77. The van der Waals surface area contributed by atoms with E-state index in [1.165, 1.54) is 0 Å². The number of nitrogens with two attached hydrogens (primary N) is 1. The minimum Gasteiger partial charge on any atom is -0.321 e. The molecule has 0 bridgehead atoms. The zero-order chi connectivity index (χ0) is 12.8. The molecule has 0 aliphatic rings. The summed E-state index contributed by atoms with van der Waals surface area (Å²) in [5.41, 5.74) is 7.94. The molecule has 0 spiro atoms. The van der Waals surface area contributed by atoms with Gasteiger partial charge < -0.3 is 5.73 Å². The molecule has 0 saturated heterocycles. The topological polar surface area (TPSA) is 69.1 Å². The van der Waals surface area contributed by atoms with E-state index in [0.29, 0.717) is 0 Å². The zero-order valence-corrected chi connectivity index (χ0v) is 11.0. The zero-order valence-electron chi connectivity index (χ0n) is 11.0. The maximum absolute atomic E-state index is 6.24. The molecule has 2 aromatic heterocycles. The van der Waals surface area contributed by atoms with Gasteiger partial charge in [0.05, 0.1) is 6.04 Å². The van der Waals surface area contributed by atoms with E-state index in [0.717, 1.165) is 23.0 Å². The second-order valence-corrected chi connectivity index (χ2v) is 5.54. The fourth-order valence-corrected chi connectivity index (χ4v) is 1.85.